The molecule has 0 aromatic carbocycles. The van der Waals surface area contributed by atoms with Crippen molar-refractivity contribution in [3.05, 3.63) is 23.0 Å². The second-order valence-corrected chi connectivity index (χ2v) is 2.71. The third kappa shape index (κ3) is 1.91. The second-order valence-electron chi connectivity index (χ2n) is 2.44. The third-order valence-corrected chi connectivity index (χ3v) is 1.82. The predicted octanol–water partition coefficient (Wildman–Crippen LogP) is 2.34. The molecule has 0 aliphatic rings. The highest BCUT2D eigenvalue weighted by Crippen LogP contribution is 2.31. The number of rotatable bonds is 2. The molecule has 74 valence electrons. The van der Waals surface area contributed by atoms with Crippen LogP contribution in [0.1, 0.15) is 23.4 Å². The van der Waals surface area contributed by atoms with Gasteiger partial charge in [-0.3, -0.25) is 0 Å². The van der Waals surface area contributed by atoms with Gasteiger partial charge in [0.1, 0.15) is 17.5 Å². The van der Waals surface area contributed by atoms with Crippen molar-refractivity contribution in [3.8, 4) is 11.8 Å². The predicted molar refractivity (Wildman–Crippen MR) is 45.1 cm³/mol. The molecule has 3 nitrogen and oxygen atoms in total. The van der Waals surface area contributed by atoms with Gasteiger partial charge in [0.15, 0.2) is 0 Å². The first kappa shape index (κ1) is 10.7. The molecule has 0 saturated carbocycles. The van der Waals surface area contributed by atoms with Crippen LogP contribution in [0.5, 0.6) is 5.75 Å². The van der Waals surface area contributed by atoms with E-state index in [9.17, 15) is 13.9 Å². The van der Waals surface area contributed by atoms with Crippen molar-refractivity contribution < 1.29 is 13.9 Å². The highest BCUT2D eigenvalue weighted by Gasteiger charge is 2.18. The number of hydrogen-bond donors (Lipinski definition) is 1. The summed E-state index contributed by atoms with van der Waals surface area (Å²) in [6.07, 6.45) is -2.85. The smallest absolute Gasteiger partial charge is 0.267 e. The van der Waals surface area contributed by atoms with Gasteiger partial charge in [0, 0.05) is 0 Å². The van der Waals surface area contributed by atoms with E-state index in [1.807, 2.05) is 0 Å². The Hall–Kier alpha value is -1.41. The lowest BCUT2D eigenvalue weighted by atomic mass is 10.2. The second kappa shape index (κ2) is 4.20. The van der Waals surface area contributed by atoms with Crippen LogP contribution in [0.25, 0.3) is 0 Å². The number of nitriles is 1. The van der Waals surface area contributed by atoms with Crippen molar-refractivity contribution in [2.75, 3.05) is 0 Å². The molecule has 1 aromatic rings. The van der Waals surface area contributed by atoms with Crippen LogP contribution in [0.3, 0.4) is 0 Å². The van der Waals surface area contributed by atoms with Gasteiger partial charge in [0.2, 0.25) is 0 Å². The third-order valence-electron chi connectivity index (χ3n) is 1.57. The first-order chi connectivity index (χ1) is 6.60. The molecule has 0 saturated heterocycles. The monoisotopic (exact) mass is 218 g/mol. The summed E-state index contributed by atoms with van der Waals surface area (Å²) in [5, 5.41) is 17.7. The van der Waals surface area contributed by atoms with E-state index >= 15 is 0 Å². The van der Waals surface area contributed by atoms with Gasteiger partial charge in [0.25, 0.3) is 6.43 Å². The van der Waals surface area contributed by atoms with E-state index in [0.717, 1.165) is 6.07 Å². The van der Waals surface area contributed by atoms with Crippen LogP contribution in [0.15, 0.2) is 6.07 Å². The lowest BCUT2D eigenvalue weighted by Crippen LogP contribution is -1.96. The van der Waals surface area contributed by atoms with Crippen molar-refractivity contribution in [3.63, 3.8) is 0 Å². The number of pyridine rings is 1. The van der Waals surface area contributed by atoms with Crippen molar-refractivity contribution in [1.82, 2.24) is 4.98 Å². The highest BCUT2D eigenvalue weighted by atomic mass is 35.5. The lowest BCUT2D eigenvalue weighted by Gasteiger charge is -2.06. The zero-order valence-corrected chi connectivity index (χ0v) is 7.59. The molecule has 0 fully saturated rings. The largest absolute Gasteiger partial charge is 0.505 e. The fraction of sp³-hybridized carbons (Fsp3) is 0.250. The molecule has 1 N–H and O–H groups in total. The Bertz CT molecular complexity index is 390. The van der Waals surface area contributed by atoms with Crippen LogP contribution >= 0.6 is 11.6 Å². The SMILES string of the molecule is N#Cc1cc(C(F)F)c(O)c(CCl)n1. The van der Waals surface area contributed by atoms with Crippen LogP contribution in [0.2, 0.25) is 0 Å². The fourth-order valence-electron chi connectivity index (χ4n) is 0.930. The maximum absolute atomic E-state index is 12.3. The summed E-state index contributed by atoms with van der Waals surface area (Å²) in [5.41, 5.74) is -0.915. The summed E-state index contributed by atoms with van der Waals surface area (Å²) in [7, 11) is 0. The van der Waals surface area contributed by atoms with Crippen molar-refractivity contribution in [1.29, 1.82) is 5.26 Å². The van der Waals surface area contributed by atoms with Gasteiger partial charge in [-0.2, -0.15) is 5.26 Å². The molecule has 1 heterocycles. The number of aromatic nitrogens is 1. The van der Waals surface area contributed by atoms with Crippen molar-refractivity contribution in [2.45, 2.75) is 12.3 Å². The van der Waals surface area contributed by atoms with Gasteiger partial charge in [-0.25, -0.2) is 13.8 Å². The minimum absolute atomic E-state index is 0.110. The molecular weight excluding hydrogens is 214 g/mol. The maximum Gasteiger partial charge on any atom is 0.267 e. The van der Waals surface area contributed by atoms with Gasteiger partial charge in [0.05, 0.1) is 17.1 Å². The van der Waals surface area contributed by atoms with Crippen LogP contribution in [0, 0.1) is 11.3 Å². The average Bonchev–Trinajstić information content (AvgIpc) is 2.17. The van der Waals surface area contributed by atoms with E-state index in [1.54, 1.807) is 6.07 Å². The molecule has 0 aliphatic carbocycles. The Morgan fingerprint density at radius 2 is 2.29 bits per heavy atom. The standard InChI is InChI=1S/C8H5ClF2N2O/c9-2-6-7(14)5(8(10)11)1-4(3-12)13-6/h1,8,14H,2H2. The minimum Gasteiger partial charge on any atom is -0.505 e. The number of nitrogens with zero attached hydrogens (tertiary/aromatic N) is 2. The summed E-state index contributed by atoms with van der Waals surface area (Å²) >= 11 is 5.36. The van der Waals surface area contributed by atoms with Gasteiger partial charge in [-0.1, -0.05) is 0 Å². The molecule has 0 atom stereocenters. The van der Waals surface area contributed by atoms with Crippen LogP contribution in [-0.2, 0) is 5.88 Å². The molecule has 0 aliphatic heterocycles. The Morgan fingerprint density at radius 1 is 1.64 bits per heavy atom. The summed E-state index contributed by atoms with van der Waals surface area (Å²) < 4.78 is 24.6. The van der Waals surface area contributed by atoms with Crippen LogP contribution in [0.4, 0.5) is 8.78 Å². The number of halogens is 3. The summed E-state index contributed by atoms with van der Waals surface area (Å²) in [4.78, 5) is 3.58. The number of aromatic hydroxyl groups is 1. The molecular formula is C8H5ClF2N2O. The number of hydrogen-bond acceptors (Lipinski definition) is 3. The fourth-order valence-corrected chi connectivity index (χ4v) is 1.12. The normalized spacial score (nSPS) is 10.2. The average molecular weight is 219 g/mol. The van der Waals surface area contributed by atoms with E-state index in [0.29, 0.717) is 0 Å². The number of alkyl halides is 3. The van der Waals surface area contributed by atoms with E-state index < -0.39 is 17.7 Å². The van der Waals surface area contributed by atoms with E-state index in [4.69, 9.17) is 16.9 Å². The first-order valence-corrected chi connectivity index (χ1v) is 4.10. The zero-order valence-electron chi connectivity index (χ0n) is 6.84. The van der Waals surface area contributed by atoms with Gasteiger partial charge in [-0.15, -0.1) is 11.6 Å². The zero-order chi connectivity index (χ0) is 10.7. The van der Waals surface area contributed by atoms with E-state index in [1.165, 1.54) is 0 Å². The quantitative estimate of drug-likeness (QED) is 0.775. The lowest BCUT2D eigenvalue weighted by molar-refractivity contribution is 0.147. The molecule has 0 radical (unpaired) electrons. The van der Waals surface area contributed by atoms with E-state index in [-0.39, 0.29) is 17.3 Å². The van der Waals surface area contributed by atoms with Crippen LogP contribution in [-0.4, -0.2) is 10.1 Å². The summed E-state index contributed by atoms with van der Waals surface area (Å²) in [6, 6.07) is 2.45. The molecule has 1 aromatic heterocycles. The molecule has 0 spiro atoms. The van der Waals surface area contributed by atoms with Crippen molar-refractivity contribution in [2.24, 2.45) is 0 Å². The molecule has 6 heteroatoms. The molecule has 0 amide bonds. The Kier molecular flexibility index (Phi) is 3.20. The first-order valence-electron chi connectivity index (χ1n) is 3.57. The highest BCUT2D eigenvalue weighted by molar-refractivity contribution is 6.17. The molecule has 0 bridgehead atoms. The van der Waals surface area contributed by atoms with Crippen LogP contribution < -0.4 is 0 Å². The van der Waals surface area contributed by atoms with E-state index in [2.05, 4.69) is 4.98 Å². The molecule has 0 unspecified atom stereocenters. The van der Waals surface area contributed by atoms with Gasteiger partial charge in [-0.05, 0) is 6.07 Å². The van der Waals surface area contributed by atoms with Crippen molar-refractivity contribution >= 4 is 11.6 Å². The van der Waals surface area contributed by atoms with Gasteiger partial charge >= 0.3 is 0 Å². The topological polar surface area (TPSA) is 56.9 Å². The minimum atomic E-state index is -2.85. The molecule has 1 rings (SSSR count). The maximum atomic E-state index is 12.3. The van der Waals surface area contributed by atoms with Gasteiger partial charge < -0.3 is 5.11 Å². The summed E-state index contributed by atoms with van der Waals surface area (Å²) in [6.45, 7) is 0. The molecule has 14 heavy (non-hydrogen) atoms. The Morgan fingerprint density at radius 3 is 2.71 bits per heavy atom. The summed E-state index contributed by atoms with van der Waals surface area (Å²) in [5.74, 6) is -0.866. The Balaban J connectivity index is 3.36. The Labute approximate surface area is 83.6 Å².